The molecule has 0 aliphatic carbocycles. The summed E-state index contributed by atoms with van der Waals surface area (Å²) >= 11 is 0. The molecule has 5 rings (SSSR count). The lowest BCUT2D eigenvalue weighted by Crippen LogP contribution is -2.39. The van der Waals surface area contributed by atoms with Crippen molar-refractivity contribution >= 4 is 28.6 Å². The number of hydrogen-bond acceptors (Lipinski definition) is 7. The Hall–Kier alpha value is -3.26. The van der Waals surface area contributed by atoms with Crippen molar-refractivity contribution in [3.63, 3.8) is 0 Å². The number of aromatic nitrogens is 2. The molecule has 1 fully saturated rings. The van der Waals surface area contributed by atoms with Crippen LogP contribution in [0.1, 0.15) is 39.9 Å². The maximum Gasteiger partial charge on any atom is 0.338 e. The third-order valence-corrected chi connectivity index (χ3v) is 6.46. The third-order valence-electron chi connectivity index (χ3n) is 6.46. The molecule has 1 N–H and O–H groups in total. The van der Waals surface area contributed by atoms with Crippen LogP contribution in [0, 0.1) is 12.8 Å². The number of benzene rings is 2. The Kier molecular flexibility index (Phi) is 5.15. The van der Waals surface area contributed by atoms with Gasteiger partial charge in [-0.05, 0) is 85.0 Å². The van der Waals surface area contributed by atoms with E-state index in [0.717, 1.165) is 50.0 Å². The molecule has 8 heteroatoms. The van der Waals surface area contributed by atoms with E-state index in [-0.39, 0.29) is 17.8 Å². The normalized spacial score (nSPS) is 17.0. The fourth-order valence-electron chi connectivity index (χ4n) is 4.47. The number of anilines is 1. The lowest BCUT2D eigenvalue weighted by atomic mass is 9.94. The molecule has 31 heavy (non-hydrogen) atoms. The first-order chi connectivity index (χ1) is 15.1. The van der Waals surface area contributed by atoms with Gasteiger partial charge in [-0.3, -0.25) is 4.79 Å². The van der Waals surface area contributed by atoms with Crippen molar-refractivity contribution in [3.8, 4) is 0 Å². The maximum atomic E-state index is 12.7. The van der Waals surface area contributed by atoms with E-state index in [0.29, 0.717) is 28.9 Å². The van der Waals surface area contributed by atoms with Gasteiger partial charge in [-0.15, -0.1) is 0 Å². The summed E-state index contributed by atoms with van der Waals surface area (Å²) in [5, 5.41) is 10.6. The monoisotopic (exact) mass is 420 g/mol. The van der Waals surface area contributed by atoms with Crippen LogP contribution < -0.4 is 5.32 Å². The summed E-state index contributed by atoms with van der Waals surface area (Å²) in [6.07, 6.45) is 2.60. The summed E-state index contributed by atoms with van der Waals surface area (Å²) in [4.78, 5) is 26.8. The zero-order valence-corrected chi connectivity index (χ0v) is 17.4. The van der Waals surface area contributed by atoms with Gasteiger partial charge in [0.05, 0.1) is 5.56 Å². The Morgan fingerprint density at radius 2 is 1.97 bits per heavy atom. The largest absolute Gasteiger partial charge is 0.457 e. The van der Waals surface area contributed by atoms with E-state index in [4.69, 9.17) is 9.37 Å². The molecule has 1 amide bonds. The molecule has 3 aromatic rings. The topological polar surface area (TPSA) is 97.6 Å². The van der Waals surface area contributed by atoms with Gasteiger partial charge in [0.15, 0.2) is 0 Å². The van der Waals surface area contributed by atoms with E-state index in [9.17, 15) is 9.59 Å². The first-order valence-corrected chi connectivity index (χ1v) is 10.6. The number of carbonyl (C=O) groups excluding carboxylic acids is 2. The Morgan fingerprint density at radius 1 is 1.16 bits per heavy atom. The highest BCUT2D eigenvalue weighted by molar-refractivity contribution is 5.94. The van der Waals surface area contributed by atoms with E-state index < -0.39 is 0 Å². The number of amides is 1. The number of nitrogens with zero attached hydrogens (tertiary/aromatic N) is 3. The van der Waals surface area contributed by atoms with Gasteiger partial charge in [-0.2, -0.15) is 0 Å². The second-order valence-electron chi connectivity index (χ2n) is 8.27. The van der Waals surface area contributed by atoms with Crippen LogP contribution in [0.2, 0.25) is 0 Å². The highest BCUT2D eigenvalue weighted by Crippen LogP contribution is 2.27. The average Bonchev–Trinajstić information content (AvgIpc) is 3.40. The van der Waals surface area contributed by atoms with Crippen LogP contribution in [0.5, 0.6) is 0 Å². The molecule has 0 saturated carbocycles. The summed E-state index contributed by atoms with van der Waals surface area (Å²) in [6.45, 7) is 5.19. The molecule has 1 saturated heterocycles. The molecule has 160 valence electrons. The molecule has 0 radical (unpaired) electrons. The quantitative estimate of drug-likeness (QED) is 0.634. The maximum absolute atomic E-state index is 12.7. The van der Waals surface area contributed by atoms with Gasteiger partial charge in [0.25, 0.3) is 0 Å². The molecule has 2 aliphatic rings. The molecule has 2 aromatic carbocycles. The Morgan fingerprint density at radius 3 is 2.81 bits per heavy atom. The van der Waals surface area contributed by atoms with Gasteiger partial charge in [-0.25, -0.2) is 9.42 Å². The van der Waals surface area contributed by atoms with E-state index in [2.05, 4.69) is 27.5 Å². The zero-order chi connectivity index (χ0) is 21.4. The van der Waals surface area contributed by atoms with Gasteiger partial charge >= 0.3 is 5.97 Å². The number of ether oxygens (including phenoxy) is 1. The predicted molar refractivity (Wildman–Crippen MR) is 114 cm³/mol. The minimum absolute atomic E-state index is 0.00673. The van der Waals surface area contributed by atoms with Crippen molar-refractivity contribution in [2.75, 3.05) is 25.0 Å². The van der Waals surface area contributed by atoms with Gasteiger partial charge in [-0.1, -0.05) is 6.07 Å². The second kappa shape index (κ2) is 8.11. The van der Waals surface area contributed by atoms with E-state index in [1.807, 2.05) is 18.2 Å². The van der Waals surface area contributed by atoms with Gasteiger partial charge in [0, 0.05) is 23.7 Å². The van der Waals surface area contributed by atoms with Crippen LogP contribution >= 0.6 is 0 Å². The third kappa shape index (κ3) is 3.90. The van der Waals surface area contributed by atoms with Gasteiger partial charge < -0.3 is 15.0 Å². The number of piperidine rings is 1. The number of rotatable bonds is 5. The Bertz CT molecular complexity index is 1150. The van der Waals surface area contributed by atoms with E-state index in [1.165, 1.54) is 5.56 Å². The summed E-state index contributed by atoms with van der Waals surface area (Å²) in [5.41, 5.74) is 6.16. The fraction of sp³-hybridized carbons (Fsp3) is 0.391. The van der Waals surface area contributed by atoms with Crippen LogP contribution in [0.15, 0.2) is 35.0 Å². The minimum atomic E-state index is -0.220. The number of fused-ring (bicyclic) bond motifs is 2. The molecule has 0 bridgehead atoms. The number of nitrogens with one attached hydrogen (secondary N) is 1. The predicted octanol–water partition coefficient (Wildman–Crippen LogP) is 3.09. The molecule has 0 atom stereocenters. The first kappa shape index (κ1) is 19.7. The highest BCUT2D eigenvalue weighted by Gasteiger charge is 2.26. The molecule has 3 heterocycles. The van der Waals surface area contributed by atoms with Crippen LogP contribution in [0.4, 0.5) is 5.69 Å². The van der Waals surface area contributed by atoms with Crippen molar-refractivity contribution in [2.24, 2.45) is 5.92 Å². The second-order valence-corrected chi connectivity index (χ2v) is 8.27. The average molecular weight is 420 g/mol. The molecule has 1 aromatic heterocycles. The smallest absolute Gasteiger partial charge is 0.338 e. The molecular weight excluding hydrogens is 396 g/mol. The molecule has 0 unspecified atom stereocenters. The summed E-state index contributed by atoms with van der Waals surface area (Å²) in [5.74, 6) is -0.163. The standard InChI is InChI=1S/C23H24N4O4/c1-14-15(2-4-18-19(14)13-30-23(18)29)6-9-27-10-7-16(8-11-27)22(28)24-17-3-5-20-21(12-17)26-31-25-20/h2-5,12,16H,6-11,13H2,1H3,(H,24,28). The number of likely N-dealkylation sites (tertiary alicyclic amines) is 1. The summed E-state index contributed by atoms with van der Waals surface area (Å²) in [6, 6.07) is 9.30. The van der Waals surface area contributed by atoms with Crippen molar-refractivity contribution in [1.82, 2.24) is 15.2 Å². The van der Waals surface area contributed by atoms with Gasteiger partial charge in [0.2, 0.25) is 5.91 Å². The summed E-state index contributed by atoms with van der Waals surface area (Å²) in [7, 11) is 0. The Balaban J connectivity index is 1.13. The van der Waals surface area contributed by atoms with Crippen LogP contribution in [0.3, 0.4) is 0 Å². The minimum Gasteiger partial charge on any atom is -0.457 e. The Labute approximate surface area is 179 Å². The lowest BCUT2D eigenvalue weighted by Gasteiger charge is -2.31. The van der Waals surface area contributed by atoms with Crippen molar-refractivity contribution in [3.05, 3.63) is 52.6 Å². The van der Waals surface area contributed by atoms with Crippen molar-refractivity contribution in [2.45, 2.75) is 32.8 Å². The number of esters is 1. The molecule has 2 aliphatic heterocycles. The highest BCUT2D eigenvalue weighted by atomic mass is 16.6. The lowest BCUT2D eigenvalue weighted by molar-refractivity contribution is -0.121. The SMILES string of the molecule is Cc1c(CCN2CCC(C(=O)Nc3ccc4nonc4c3)CC2)ccc2c1COC2=O. The first-order valence-electron chi connectivity index (χ1n) is 10.6. The molecular formula is C23H24N4O4. The number of cyclic esters (lactones) is 1. The summed E-state index contributed by atoms with van der Waals surface area (Å²) < 4.78 is 9.85. The molecule has 8 nitrogen and oxygen atoms in total. The van der Waals surface area contributed by atoms with Gasteiger partial charge in [0.1, 0.15) is 17.6 Å². The number of hydrogen-bond donors (Lipinski definition) is 1. The van der Waals surface area contributed by atoms with Crippen molar-refractivity contribution < 1.29 is 19.0 Å². The van der Waals surface area contributed by atoms with Crippen molar-refractivity contribution in [1.29, 1.82) is 0 Å². The molecule has 0 spiro atoms. The number of carbonyl (C=O) groups is 2. The van der Waals surface area contributed by atoms with E-state index in [1.54, 1.807) is 12.1 Å². The van der Waals surface area contributed by atoms with Crippen LogP contribution in [0.25, 0.3) is 11.0 Å². The zero-order valence-electron chi connectivity index (χ0n) is 17.4. The van der Waals surface area contributed by atoms with Crippen LogP contribution in [-0.4, -0.2) is 46.7 Å². The van der Waals surface area contributed by atoms with Crippen LogP contribution in [-0.2, 0) is 22.6 Å². The fourth-order valence-corrected chi connectivity index (χ4v) is 4.47. The van der Waals surface area contributed by atoms with E-state index >= 15 is 0 Å².